The van der Waals surface area contributed by atoms with E-state index in [-0.39, 0.29) is 32.0 Å². The molecule has 1 aromatic rings. The molecule has 2 heterocycles. The number of alkyl halides is 3. The van der Waals surface area contributed by atoms with Crippen LogP contribution in [0.25, 0.3) is 0 Å². The summed E-state index contributed by atoms with van der Waals surface area (Å²) in [6.07, 6.45) is 0.963. The van der Waals surface area contributed by atoms with Crippen LogP contribution in [-0.2, 0) is 16.4 Å². The Bertz CT molecular complexity index is 742. The Morgan fingerprint density at radius 2 is 2.04 bits per heavy atom. The van der Waals surface area contributed by atoms with Crippen molar-refractivity contribution in [1.29, 1.82) is 0 Å². The van der Waals surface area contributed by atoms with Gasteiger partial charge in [0, 0.05) is 32.1 Å². The smallest absolute Gasteiger partial charge is 0.357 e. The van der Waals surface area contributed by atoms with Crippen LogP contribution in [0.5, 0.6) is 0 Å². The molecule has 1 aromatic heterocycles. The van der Waals surface area contributed by atoms with Crippen molar-refractivity contribution in [3.63, 3.8) is 0 Å². The number of nitrogens with zero attached hydrogens (tertiary/aromatic N) is 4. The topological polar surface area (TPSA) is 113 Å². The van der Waals surface area contributed by atoms with Gasteiger partial charge in [-0.2, -0.15) is 22.5 Å². The minimum atomic E-state index is -5.27. The van der Waals surface area contributed by atoms with E-state index >= 15 is 0 Å². The largest absolute Gasteiger partial charge is 0.511 e. The fraction of sp³-hybridized carbons (Fsp3) is 0.786. The van der Waals surface area contributed by atoms with Crippen LogP contribution in [0.1, 0.15) is 31.5 Å². The maximum absolute atomic E-state index is 12.6. The van der Waals surface area contributed by atoms with Crippen molar-refractivity contribution >= 4 is 16.0 Å². The van der Waals surface area contributed by atoms with Crippen LogP contribution in [0.15, 0.2) is 9.52 Å². The molecule has 1 aliphatic rings. The highest BCUT2D eigenvalue weighted by Gasteiger charge is 2.50. The third-order valence-corrected chi connectivity index (χ3v) is 5.57. The van der Waals surface area contributed by atoms with Gasteiger partial charge < -0.3 is 15.2 Å². The molecule has 0 radical (unpaired) electrons. The second-order valence-electron chi connectivity index (χ2n) is 6.01. The van der Waals surface area contributed by atoms with Crippen molar-refractivity contribution in [3.8, 4) is 0 Å². The predicted octanol–water partition coefficient (Wildman–Crippen LogP) is 0.790. The standard InChI is InChI=1S/C14H23F3N6O3S/c1-3-18-13(19-7-4-12-20-10(2)22-26-12)21-11-5-8-23(9-6-11)27(24,25)14(15,16)17/h11H,3-9H2,1-2H3,(H2,18,19,21). The quantitative estimate of drug-likeness (QED) is 0.525. The van der Waals surface area contributed by atoms with Gasteiger partial charge in [-0.05, 0) is 26.7 Å². The summed E-state index contributed by atoms with van der Waals surface area (Å²) >= 11 is 0. The molecule has 1 aliphatic heterocycles. The van der Waals surface area contributed by atoms with Crippen molar-refractivity contribution in [2.75, 3.05) is 26.2 Å². The third-order valence-electron chi connectivity index (χ3n) is 3.94. The summed E-state index contributed by atoms with van der Waals surface area (Å²) in [5.74, 6) is 1.52. The van der Waals surface area contributed by atoms with Crippen molar-refractivity contribution in [3.05, 3.63) is 11.7 Å². The van der Waals surface area contributed by atoms with E-state index in [1.165, 1.54) is 0 Å². The number of aliphatic imine (C=N–C) groups is 1. The first-order valence-corrected chi connectivity index (χ1v) is 9.98. The first kappa shape index (κ1) is 21.4. The van der Waals surface area contributed by atoms with Crippen LogP contribution in [0, 0.1) is 6.92 Å². The van der Waals surface area contributed by atoms with E-state index in [9.17, 15) is 21.6 Å². The molecule has 9 nitrogen and oxygen atoms in total. The van der Waals surface area contributed by atoms with Crippen molar-refractivity contribution < 1.29 is 26.1 Å². The fourth-order valence-corrected chi connectivity index (χ4v) is 3.59. The van der Waals surface area contributed by atoms with Gasteiger partial charge in [0.1, 0.15) is 0 Å². The number of nitrogens with one attached hydrogen (secondary N) is 2. The molecule has 0 atom stereocenters. The van der Waals surface area contributed by atoms with Gasteiger partial charge in [0.15, 0.2) is 11.8 Å². The second kappa shape index (κ2) is 8.87. The number of aryl methyl sites for hydroxylation is 1. The first-order valence-electron chi connectivity index (χ1n) is 8.54. The summed E-state index contributed by atoms with van der Waals surface area (Å²) in [5.41, 5.74) is -5.27. The zero-order chi connectivity index (χ0) is 20.1. The van der Waals surface area contributed by atoms with E-state index in [0.29, 0.717) is 41.5 Å². The van der Waals surface area contributed by atoms with Gasteiger partial charge in [0.25, 0.3) is 0 Å². The summed E-state index contributed by atoms with van der Waals surface area (Å²) in [4.78, 5) is 8.45. The van der Waals surface area contributed by atoms with E-state index in [2.05, 4.69) is 25.8 Å². The lowest BCUT2D eigenvalue weighted by Gasteiger charge is -2.32. The molecule has 1 saturated heterocycles. The number of piperidine rings is 1. The Morgan fingerprint density at radius 1 is 1.37 bits per heavy atom. The number of sulfonamides is 1. The Kier molecular flexibility index (Phi) is 7.03. The zero-order valence-corrected chi connectivity index (χ0v) is 15.9. The second-order valence-corrected chi connectivity index (χ2v) is 7.94. The highest BCUT2D eigenvalue weighted by molar-refractivity contribution is 7.90. The summed E-state index contributed by atoms with van der Waals surface area (Å²) in [5, 5.41) is 9.86. The highest BCUT2D eigenvalue weighted by atomic mass is 32.2. The van der Waals surface area contributed by atoms with Gasteiger partial charge in [0.05, 0.1) is 6.54 Å². The van der Waals surface area contributed by atoms with Crippen molar-refractivity contribution in [2.45, 2.75) is 44.7 Å². The van der Waals surface area contributed by atoms with Crippen LogP contribution >= 0.6 is 0 Å². The lowest BCUT2D eigenvalue weighted by Crippen LogP contribution is -2.51. The molecule has 13 heteroatoms. The maximum atomic E-state index is 12.6. The van der Waals surface area contributed by atoms with E-state index in [0.717, 1.165) is 0 Å². The first-order chi connectivity index (χ1) is 12.6. The average Bonchev–Trinajstić information content (AvgIpc) is 3.00. The molecule has 0 aromatic carbocycles. The lowest BCUT2D eigenvalue weighted by molar-refractivity contribution is -0.0494. The van der Waals surface area contributed by atoms with Gasteiger partial charge in [-0.25, -0.2) is 8.42 Å². The number of halogens is 3. The van der Waals surface area contributed by atoms with Gasteiger partial charge in [0.2, 0.25) is 5.89 Å². The minimum absolute atomic E-state index is 0.173. The lowest BCUT2D eigenvalue weighted by atomic mass is 10.1. The molecule has 2 N–H and O–H groups in total. The molecule has 0 bridgehead atoms. The normalized spacial score (nSPS) is 17.9. The van der Waals surface area contributed by atoms with Crippen LogP contribution in [0.3, 0.4) is 0 Å². The van der Waals surface area contributed by atoms with Crippen LogP contribution in [0.2, 0.25) is 0 Å². The van der Waals surface area contributed by atoms with E-state index in [1.807, 2.05) is 6.92 Å². The monoisotopic (exact) mass is 412 g/mol. The maximum Gasteiger partial charge on any atom is 0.511 e. The fourth-order valence-electron chi connectivity index (χ4n) is 2.61. The summed E-state index contributed by atoms with van der Waals surface area (Å²) in [7, 11) is -5.27. The Morgan fingerprint density at radius 3 is 2.56 bits per heavy atom. The summed E-state index contributed by atoms with van der Waals surface area (Å²) in [6.45, 7) is 4.20. The van der Waals surface area contributed by atoms with Crippen molar-refractivity contribution in [1.82, 2.24) is 25.1 Å². The van der Waals surface area contributed by atoms with E-state index < -0.39 is 15.5 Å². The average molecular weight is 412 g/mol. The molecule has 0 aliphatic carbocycles. The number of aromatic nitrogens is 2. The molecule has 2 rings (SSSR count). The number of guanidine groups is 1. The summed E-state index contributed by atoms with van der Waals surface area (Å²) in [6, 6.07) is -0.173. The van der Waals surface area contributed by atoms with Crippen LogP contribution in [-0.4, -0.2) is 66.6 Å². The van der Waals surface area contributed by atoms with E-state index in [1.54, 1.807) is 6.92 Å². The number of hydrogen-bond acceptors (Lipinski definition) is 6. The predicted molar refractivity (Wildman–Crippen MR) is 91.4 cm³/mol. The Labute approximate surface area is 155 Å². The third kappa shape index (κ3) is 5.79. The summed E-state index contributed by atoms with van der Waals surface area (Å²) < 4.78 is 66.2. The number of rotatable bonds is 6. The van der Waals surface area contributed by atoms with E-state index in [4.69, 9.17) is 4.52 Å². The molecule has 0 saturated carbocycles. The molecule has 0 amide bonds. The van der Waals surface area contributed by atoms with Gasteiger partial charge in [-0.1, -0.05) is 5.16 Å². The molecule has 27 heavy (non-hydrogen) atoms. The van der Waals surface area contributed by atoms with Crippen molar-refractivity contribution in [2.24, 2.45) is 4.99 Å². The minimum Gasteiger partial charge on any atom is -0.357 e. The zero-order valence-electron chi connectivity index (χ0n) is 15.1. The van der Waals surface area contributed by atoms with Gasteiger partial charge in [-0.3, -0.25) is 4.99 Å². The molecule has 0 unspecified atom stereocenters. The van der Waals surface area contributed by atoms with Gasteiger partial charge in [-0.15, -0.1) is 0 Å². The SMILES string of the molecule is CCNC(=NCCc1nc(C)no1)NC1CCN(S(=O)(=O)C(F)(F)F)CC1. The molecule has 1 fully saturated rings. The Hall–Kier alpha value is -1.89. The number of hydrogen-bond donors (Lipinski definition) is 2. The molecule has 0 spiro atoms. The van der Waals surface area contributed by atoms with Crippen LogP contribution < -0.4 is 10.6 Å². The highest BCUT2D eigenvalue weighted by Crippen LogP contribution is 2.28. The molecular formula is C14H23F3N6O3S. The molecular weight excluding hydrogens is 389 g/mol. The Balaban J connectivity index is 1.87. The molecule has 154 valence electrons. The van der Waals surface area contributed by atoms with Crippen LogP contribution in [0.4, 0.5) is 13.2 Å². The van der Waals surface area contributed by atoms with Gasteiger partial charge >= 0.3 is 15.5 Å².